The Kier molecular flexibility index (Phi) is 5.48. The fraction of sp³-hybridized carbons (Fsp3) is 0.588. The molecule has 1 atom stereocenters. The summed E-state index contributed by atoms with van der Waals surface area (Å²) in [6.07, 6.45) is 5.47. The van der Waals surface area contributed by atoms with Crippen LogP contribution in [0.2, 0.25) is 0 Å². The van der Waals surface area contributed by atoms with E-state index in [-0.39, 0.29) is 12.1 Å². The van der Waals surface area contributed by atoms with Crippen LogP contribution in [0.15, 0.2) is 24.3 Å². The van der Waals surface area contributed by atoms with E-state index < -0.39 is 0 Å². The fourth-order valence-corrected chi connectivity index (χ4v) is 2.87. The standard InChI is InChI=1S/C17H26N2O2/c1-13(12-14-8-4-7-11-16(14)21-3)19(2)17(20)18-15-9-5-6-10-15/h4,7-8,11,13,15H,5-6,9-10,12H2,1-3H3,(H,18,20). The molecule has 1 aromatic carbocycles. The molecule has 2 amide bonds. The molecule has 2 rings (SSSR count). The van der Waals surface area contributed by atoms with E-state index in [0.717, 1.165) is 30.6 Å². The third-order valence-corrected chi connectivity index (χ3v) is 4.37. The normalized spacial score (nSPS) is 16.5. The molecule has 4 nitrogen and oxygen atoms in total. The number of nitrogens with one attached hydrogen (secondary N) is 1. The highest BCUT2D eigenvalue weighted by atomic mass is 16.5. The number of para-hydroxylation sites is 1. The van der Waals surface area contributed by atoms with Gasteiger partial charge >= 0.3 is 6.03 Å². The maximum atomic E-state index is 12.3. The highest BCUT2D eigenvalue weighted by molar-refractivity contribution is 5.74. The molecule has 0 heterocycles. The summed E-state index contributed by atoms with van der Waals surface area (Å²) in [5.74, 6) is 0.883. The maximum absolute atomic E-state index is 12.3. The van der Waals surface area contributed by atoms with Gasteiger partial charge in [0, 0.05) is 19.1 Å². The highest BCUT2D eigenvalue weighted by Crippen LogP contribution is 2.21. The summed E-state index contributed by atoms with van der Waals surface area (Å²) in [4.78, 5) is 14.1. The summed E-state index contributed by atoms with van der Waals surface area (Å²) in [6, 6.07) is 8.50. The molecule has 4 heteroatoms. The molecular formula is C17H26N2O2. The number of carbonyl (C=O) groups is 1. The van der Waals surface area contributed by atoms with E-state index in [9.17, 15) is 4.79 Å². The number of amides is 2. The molecule has 0 radical (unpaired) electrons. The minimum Gasteiger partial charge on any atom is -0.496 e. The molecule has 0 aromatic heterocycles. The summed E-state index contributed by atoms with van der Waals surface area (Å²) < 4.78 is 5.37. The van der Waals surface area contributed by atoms with Crippen LogP contribution in [-0.4, -0.2) is 37.2 Å². The number of benzene rings is 1. The van der Waals surface area contributed by atoms with Gasteiger partial charge in [-0.15, -0.1) is 0 Å². The molecule has 0 bridgehead atoms. The van der Waals surface area contributed by atoms with Crippen LogP contribution in [0.4, 0.5) is 4.79 Å². The molecule has 1 aromatic rings. The van der Waals surface area contributed by atoms with E-state index >= 15 is 0 Å². The van der Waals surface area contributed by atoms with Gasteiger partial charge in [0.15, 0.2) is 0 Å². The van der Waals surface area contributed by atoms with Gasteiger partial charge < -0.3 is 15.0 Å². The number of hydrogen-bond acceptors (Lipinski definition) is 2. The minimum atomic E-state index is 0.0318. The molecule has 21 heavy (non-hydrogen) atoms. The van der Waals surface area contributed by atoms with Crippen LogP contribution in [0.1, 0.15) is 38.2 Å². The number of rotatable bonds is 5. The van der Waals surface area contributed by atoms with Crippen molar-refractivity contribution in [3.8, 4) is 5.75 Å². The predicted octanol–water partition coefficient (Wildman–Crippen LogP) is 3.21. The molecule has 1 saturated carbocycles. The van der Waals surface area contributed by atoms with Crippen LogP contribution < -0.4 is 10.1 Å². The second-order valence-corrected chi connectivity index (χ2v) is 5.91. The van der Waals surface area contributed by atoms with E-state index in [1.165, 1.54) is 12.8 Å². The number of nitrogens with zero attached hydrogens (tertiary/aromatic N) is 1. The Morgan fingerprint density at radius 2 is 2.05 bits per heavy atom. The first-order chi connectivity index (χ1) is 10.1. The van der Waals surface area contributed by atoms with Crippen LogP contribution >= 0.6 is 0 Å². The first kappa shape index (κ1) is 15.7. The van der Waals surface area contributed by atoms with Crippen molar-refractivity contribution in [2.75, 3.05) is 14.2 Å². The van der Waals surface area contributed by atoms with Crippen molar-refractivity contribution in [1.29, 1.82) is 0 Å². The third kappa shape index (κ3) is 4.13. The average Bonchev–Trinajstić information content (AvgIpc) is 2.99. The van der Waals surface area contributed by atoms with Crippen molar-refractivity contribution in [2.45, 2.75) is 51.1 Å². The number of methoxy groups -OCH3 is 1. The van der Waals surface area contributed by atoms with Gasteiger partial charge in [0.1, 0.15) is 5.75 Å². The number of ether oxygens (including phenoxy) is 1. The quantitative estimate of drug-likeness (QED) is 0.904. The van der Waals surface area contributed by atoms with Crippen molar-refractivity contribution >= 4 is 6.03 Å². The van der Waals surface area contributed by atoms with Crippen molar-refractivity contribution in [2.24, 2.45) is 0 Å². The van der Waals surface area contributed by atoms with Crippen molar-refractivity contribution in [3.63, 3.8) is 0 Å². The van der Waals surface area contributed by atoms with E-state index in [4.69, 9.17) is 4.74 Å². The molecular weight excluding hydrogens is 264 g/mol. The van der Waals surface area contributed by atoms with Crippen LogP contribution in [0, 0.1) is 0 Å². The van der Waals surface area contributed by atoms with Crippen LogP contribution in [0.5, 0.6) is 5.75 Å². The molecule has 1 aliphatic carbocycles. The lowest BCUT2D eigenvalue weighted by Gasteiger charge is -2.27. The van der Waals surface area contributed by atoms with Crippen LogP contribution in [0.3, 0.4) is 0 Å². The Hall–Kier alpha value is -1.71. The molecule has 0 aliphatic heterocycles. The predicted molar refractivity (Wildman–Crippen MR) is 84.7 cm³/mol. The number of urea groups is 1. The SMILES string of the molecule is COc1ccccc1CC(C)N(C)C(=O)NC1CCCC1. The molecule has 1 N–H and O–H groups in total. The highest BCUT2D eigenvalue weighted by Gasteiger charge is 2.22. The second kappa shape index (κ2) is 7.34. The second-order valence-electron chi connectivity index (χ2n) is 5.91. The first-order valence-electron chi connectivity index (χ1n) is 7.77. The zero-order chi connectivity index (χ0) is 15.2. The van der Waals surface area contributed by atoms with Gasteiger partial charge in [0.05, 0.1) is 7.11 Å². The number of likely N-dealkylation sites (N-methyl/N-ethyl adjacent to an activating group) is 1. The van der Waals surface area contributed by atoms with Crippen LogP contribution in [0.25, 0.3) is 0 Å². The zero-order valence-electron chi connectivity index (χ0n) is 13.3. The summed E-state index contributed by atoms with van der Waals surface area (Å²) >= 11 is 0. The monoisotopic (exact) mass is 290 g/mol. The molecule has 0 saturated heterocycles. The first-order valence-corrected chi connectivity index (χ1v) is 7.77. The number of hydrogen-bond donors (Lipinski definition) is 1. The van der Waals surface area contributed by atoms with E-state index in [1.54, 1.807) is 12.0 Å². The maximum Gasteiger partial charge on any atom is 0.317 e. The van der Waals surface area contributed by atoms with E-state index in [2.05, 4.69) is 18.3 Å². The van der Waals surface area contributed by atoms with Crippen LogP contribution in [-0.2, 0) is 6.42 Å². The fourth-order valence-electron chi connectivity index (χ4n) is 2.87. The Bertz CT molecular complexity index is 470. The molecule has 1 fully saturated rings. The Morgan fingerprint density at radius 1 is 1.38 bits per heavy atom. The van der Waals surface area contributed by atoms with Gasteiger partial charge in [-0.1, -0.05) is 31.0 Å². The smallest absolute Gasteiger partial charge is 0.317 e. The number of carbonyl (C=O) groups excluding carboxylic acids is 1. The van der Waals surface area contributed by atoms with Gasteiger partial charge in [-0.25, -0.2) is 4.79 Å². The van der Waals surface area contributed by atoms with Crippen molar-refractivity contribution < 1.29 is 9.53 Å². The Morgan fingerprint density at radius 3 is 2.71 bits per heavy atom. The van der Waals surface area contributed by atoms with Crippen molar-refractivity contribution in [1.82, 2.24) is 10.2 Å². The lowest BCUT2D eigenvalue weighted by atomic mass is 10.1. The summed E-state index contributed by atoms with van der Waals surface area (Å²) in [6.45, 7) is 2.07. The van der Waals surface area contributed by atoms with Gasteiger partial charge in [0.25, 0.3) is 0 Å². The van der Waals surface area contributed by atoms with E-state index in [1.807, 2.05) is 25.2 Å². The summed E-state index contributed by atoms with van der Waals surface area (Å²) in [7, 11) is 3.55. The van der Waals surface area contributed by atoms with Gasteiger partial charge in [-0.2, -0.15) is 0 Å². The topological polar surface area (TPSA) is 41.6 Å². The molecule has 1 unspecified atom stereocenters. The molecule has 116 valence electrons. The lowest BCUT2D eigenvalue weighted by Crippen LogP contribution is -2.46. The largest absolute Gasteiger partial charge is 0.496 e. The zero-order valence-corrected chi connectivity index (χ0v) is 13.3. The summed E-state index contributed by atoms with van der Waals surface area (Å²) in [5, 5.41) is 3.13. The molecule has 0 spiro atoms. The van der Waals surface area contributed by atoms with E-state index in [0.29, 0.717) is 6.04 Å². The van der Waals surface area contributed by atoms with Crippen molar-refractivity contribution in [3.05, 3.63) is 29.8 Å². The minimum absolute atomic E-state index is 0.0318. The third-order valence-electron chi connectivity index (χ3n) is 4.37. The Labute approximate surface area is 127 Å². The van der Waals surface area contributed by atoms with Gasteiger partial charge in [0.2, 0.25) is 0 Å². The summed E-state index contributed by atoms with van der Waals surface area (Å²) in [5.41, 5.74) is 1.13. The lowest BCUT2D eigenvalue weighted by molar-refractivity contribution is 0.189. The average molecular weight is 290 g/mol. The Balaban J connectivity index is 1.92. The molecule has 1 aliphatic rings. The van der Waals surface area contributed by atoms with Gasteiger partial charge in [-0.3, -0.25) is 0 Å². The van der Waals surface area contributed by atoms with Gasteiger partial charge in [-0.05, 0) is 37.8 Å².